The molecule has 1 N–H and O–H groups in total. The van der Waals surface area contributed by atoms with Gasteiger partial charge in [-0.2, -0.15) is 0 Å². The summed E-state index contributed by atoms with van der Waals surface area (Å²) >= 11 is 6.25. The van der Waals surface area contributed by atoms with Gasteiger partial charge in [0.1, 0.15) is 17.3 Å². The maximum absolute atomic E-state index is 13.2. The van der Waals surface area contributed by atoms with Crippen LogP contribution in [0.3, 0.4) is 0 Å². The van der Waals surface area contributed by atoms with Crippen LogP contribution in [0.25, 0.3) is 5.76 Å². The molecule has 1 atom stereocenters. The highest BCUT2D eigenvalue weighted by molar-refractivity contribution is 6.46. The molecule has 3 aromatic rings. The van der Waals surface area contributed by atoms with Gasteiger partial charge in [0.25, 0.3) is 11.7 Å². The first-order chi connectivity index (χ1) is 16.3. The number of aryl methyl sites for hydroxylation is 1. The first-order valence-electron chi connectivity index (χ1n) is 10.7. The van der Waals surface area contributed by atoms with Gasteiger partial charge in [-0.1, -0.05) is 53.6 Å². The SMILES string of the molecule is COc1ccc(CN2C(=O)C(=O)/C(=C(\O)c3ccc(OC)c(Cl)c3)C2c2cccc(C)c2)cc1. The number of methoxy groups -OCH3 is 2. The van der Waals surface area contributed by atoms with Crippen LogP contribution in [0.1, 0.15) is 28.3 Å². The third kappa shape index (κ3) is 4.37. The maximum Gasteiger partial charge on any atom is 0.295 e. The number of nitrogens with zero attached hydrogens (tertiary/aromatic N) is 1. The molecule has 1 aliphatic rings. The van der Waals surface area contributed by atoms with E-state index in [1.165, 1.54) is 18.1 Å². The van der Waals surface area contributed by atoms with Gasteiger partial charge in [-0.05, 0) is 48.4 Å². The number of hydrogen-bond acceptors (Lipinski definition) is 5. The zero-order valence-corrected chi connectivity index (χ0v) is 19.8. The second kappa shape index (κ2) is 9.61. The minimum absolute atomic E-state index is 0.0188. The van der Waals surface area contributed by atoms with Crippen molar-refractivity contribution in [3.8, 4) is 11.5 Å². The lowest BCUT2D eigenvalue weighted by molar-refractivity contribution is -0.140. The third-order valence-electron chi connectivity index (χ3n) is 5.84. The maximum atomic E-state index is 13.2. The van der Waals surface area contributed by atoms with Crippen molar-refractivity contribution in [1.82, 2.24) is 4.90 Å². The van der Waals surface area contributed by atoms with Gasteiger partial charge in [0.05, 0.1) is 30.9 Å². The van der Waals surface area contributed by atoms with E-state index < -0.39 is 17.7 Å². The second-order valence-electron chi connectivity index (χ2n) is 8.04. The van der Waals surface area contributed by atoms with Crippen LogP contribution in [0, 0.1) is 6.92 Å². The molecular weight excluding hydrogens is 454 g/mol. The van der Waals surface area contributed by atoms with E-state index in [4.69, 9.17) is 21.1 Å². The monoisotopic (exact) mass is 477 g/mol. The van der Waals surface area contributed by atoms with Crippen molar-refractivity contribution in [1.29, 1.82) is 0 Å². The van der Waals surface area contributed by atoms with Gasteiger partial charge in [0, 0.05) is 12.1 Å². The predicted molar refractivity (Wildman–Crippen MR) is 130 cm³/mol. The van der Waals surface area contributed by atoms with Gasteiger partial charge in [-0.3, -0.25) is 9.59 Å². The van der Waals surface area contributed by atoms with Crippen molar-refractivity contribution in [3.05, 3.63) is 99.6 Å². The van der Waals surface area contributed by atoms with Crippen molar-refractivity contribution in [2.24, 2.45) is 0 Å². The number of amides is 1. The Balaban J connectivity index is 1.84. The highest BCUT2D eigenvalue weighted by atomic mass is 35.5. The average Bonchev–Trinajstić information content (AvgIpc) is 3.09. The number of aliphatic hydroxyl groups excluding tert-OH is 1. The van der Waals surface area contributed by atoms with E-state index in [0.29, 0.717) is 17.1 Å². The normalized spacial score (nSPS) is 17.2. The number of halogens is 1. The van der Waals surface area contributed by atoms with Gasteiger partial charge < -0.3 is 19.5 Å². The minimum atomic E-state index is -0.761. The Labute approximate surface area is 203 Å². The molecule has 1 saturated heterocycles. The first-order valence-corrected chi connectivity index (χ1v) is 11.0. The lowest BCUT2D eigenvalue weighted by Gasteiger charge is -2.26. The number of ether oxygens (including phenoxy) is 2. The summed E-state index contributed by atoms with van der Waals surface area (Å²) in [7, 11) is 3.07. The molecule has 1 fully saturated rings. The summed E-state index contributed by atoms with van der Waals surface area (Å²) in [6.45, 7) is 2.12. The number of carbonyl (C=O) groups excluding carboxylic acids is 2. The molecule has 0 radical (unpaired) electrons. The van der Waals surface area contributed by atoms with Gasteiger partial charge in [0.15, 0.2) is 0 Å². The lowest BCUT2D eigenvalue weighted by Crippen LogP contribution is -2.29. The van der Waals surface area contributed by atoms with Crippen LogP contribution in [0.5, 0.6) is 11.5 Å². The number of hydrogen-bond donors (Lipinski definition) is 1. The molecule has 1 unspecified atom stereocenters. The van der Waals surface area contributed by atoms with Crippen LogP contribution in [0.2, 0.25) is 5.02 Å². The first kappa shape index (κ1) is 23.4. The van der Waals surface area contributed by atoms with E-state index in [9.17, 15) is 14.7 Å². The van der Waals surface area contributed by atoms with Gasteiger partial charge in [-0.25, -0.2) is 0 Å². The number of Topliss-reactive ketones (excluding diaryl/α,β-unsaturated/α-hetero) is 1. The van der Waals surface area contributed by atoms with E-state index >= 15 is 0 Å². The molecule has 174 valence electrons. The van der Waals surface area contributed by atoms with Crippen molar-refractivity contribution in [3.63, 3.8) is 0 Å². The van der Waals surface area contributed by atoms with Crippen molar-refractivity contribution < 1.29 is 24.2 Å². The van der Waals surface area contributed by atoms with Crippen LogP contribution < -0.4 is 9.47 Å². The Hall–Kier alpha value is -3.77. The Morgan fingerprint density at radius 2 is 1.74 bits per heavy atom. The quantitative estimate of drug-likeness (QED) is 0.296. The fraction of sp³-hybridized carbons (Fsp3) is 0.185. The largest absolute Gasteiger partial charge is 0.507 e. The average molecular weight is 478 g/mol. The molecule has 1 heterocycles. The summed E-state index contributed by atoms with van der Waals surface area (Å²) < 4.78 is 10.4. The van der Waals surface area contributed by atoms with Crippen LogP contribution >= 0.6 is 11.6 Å². The highest BCUT2D eigenvalue weighted by Gasteiger charge is 2.46. The second-order valence-corrected chi connectivity index (χ2v) is 8.45. The molecule has 34 heavy (non-hydrogen) atoms. The molecule has 0 spiro atoms. The molecule has 1 aliphatic heterocycles. The number of likely N-dealkylation sites (tertiary alicyclic amines) is 1. The topological polar surface area (TPSA) is 76.1 Å². The van der Waals surface area contributed by atoms with Gasteiger partial charge >= 0.3 is 0 Å². The Morgan fingerprint density at radius 1 is 1.00 bits per heavy atom. The predicted octanol–water partition coefficient (Wildman–Crippen LogP) is 5.29. The van der Waals surface area contributed by atoms with E-state index in [-0.39, 0.29) is 22.9 Å². The van der Waals surface area contributed by atoms with E-state index in [0.717, 1.165) is 16.7 Å². The molecule has 0 aromatic heterocycles. The molecule has 0 aliphatic carbocycles. The minimum Gasteiger partial charge on any atom is -0.507 e. The molecule has 0 saturated carbocycles. The molecule has 3 aromatic carbocycles. The van der Waals surface area contributed by atoms with E-state index in [1.54, 1.807) is 31.4 Å². The smallest absolute Gasteiger partial charge is 0.295 e. The number of ketones is 1. The van der Waals surface area contributed by atoms with E-state index in [2.05, 4.69) is 0 Å². The third-order valence-corrected chi connectivity index (χ3v) is 6.13. The molecule has 4 rings (SSSR count). The summed E-state index contributed by atoms with van der Waals surface area (Å²) in [5, 5.41) is 11.5. The number of carbonyl (C=O) groups is 2. The Kier molecular flexibility index (Phi) is 6.61. The molecule has 0 bridgehead atoms. The number of benzene rings is 3. The number of rotatable bonds is 6. The zero-order chi connectivity index (χ0) is 24.4. The van der Waals surface area contributed by atoms with Crippen molar-refractivity contribution in [2.75, 3.05) is 14.2 Å². The summed E-state index contributed by atoms with van der Waals surface area (Å²) in [4.78, 5) is 27.9. The van der Waals surface area contributed by atoms with Crippen LogP contribution in [-0.2, 0) is 16.1 Å². The Bertz CT molecular complexity index is 1280. The Morgan fingerprint density at radius 3 is 2.35 bits per heavy atom. The van der Waals surface area contributed by atoms with Crippen molar-refractivity contribution in [2.45, 2.75) is 19.5 Å². The molecule has 1 amide bonds. The molecular formula is C27H24ClNO5. The van der Waals surface area contributed by atoms with Crippen molar-refractivity contribution >= 4 is 29.1 Å². The van der Waals surface area contributed by atoms with Gasteiger partial charge in [-0.15, -0.1) is 0 Å². The fourth-order valence-corrected chi connectivity index (χ4v) is 4.38. The van der Waals surface area contributed by atoms with Crippen LogP contribution in [0.15, 0.2) is 72.3 Å². The summed E-state index contributed by atoms with van der Waals surface area (Å²) in [6, 6.07) is 18.8. The highest BCUT2D eigenvalue weighted by Crippen LogP contribution is 2.41. The molecule has 6 nitrogen and oxygen atoms in total. The molecule has 7 heteroatoms. The standard InChI is InChI=1S/C27H24ClNO5/c1-16-5-4-6-18(13-16)24-23(25(30)19-9-12-22(34-3)21(28)14-19)26(31)27(32)29(24)15-17-7-10-20(33-2)11-8-17/h4-14,24,30H,15H2,1-3H3/b25-23-. The summed E-state index contributed by atoms with van der Waals surface area (Å²) in [5.41, 5.74) is 2.87. The van der Waals surface area contributed by atoms with Crippen LogP contribution in [0.4, 0.5) is 0 Å². The number of aliphatic hydroxyl groups is 1. The summed E-state index contributed by atoms with van der Waals surface area (Å²) in [5.74, 6) is -0.578. The zero-order valence-electron chi connectivity index (χ0n) is 19.0. The lowest BCUT2D eigenvalue weighted by atomic mass is 9.94. The van der Waals surface area contributed by atoms with Crippen LogP contribution in [-0.4, -0.2) is 35.9 Å². The summed E-state index contributed by atoms with van der Waals surface area (Å²) in [6.07, 6.45) is 0. The van der Waals surface area contributed by atoms with E-state index in [1.807, 2.05) is 43.3 Å². The van der Waals surface area contributed by atoms with Gasteiger partial charge in [0.2, 0.25) is 0 Å². The fourth-order valence-electron chi connectivity index (χ4n) is 4.13.